The summed E-state index contributed by atoms with van der Waals surface area (Å²) < 4.78 is 25.0. The lowest BCUT2D eigenvalue weighted by Crippen LogP contribution is -2.15. The lowest BCUT2D eigenvalue weighted by atomic mass is 10.0. The smallest absolute Gasteiger partial charge is 0.145 e. The van der Waals surface area contributed by atoms with Crippen LogP contribution in [0.1, 0.15) is 50.9 Å². The van der Waals surface area contributed by atoms with Gasteiger partial charge in [-0.2, -0.15) is 0 Å². The Bertz CT molecular complexity index is 718. The predicted octanol–water partition coefficient (Wildman–Crippen LogP) is 6.23. The molecule has 0 N–H and O–H groups in total. The zero-order chi connectivity index (χ0) is 17.4. The fourth-order valence-corrected chi connectivity index (χ4v) is 3.14. The average molecular weight is 372 g/mol. The van der Waals surface area contributed by atoms with E-state index in [0.29, 0.717) is 29.7 Å². The van der Waals surface area contributed by atoms with Crippen molar-refractivity contribution in [2.24, 2.45) is 5.92 Å². The van der Waals surface area contributed by atoms with E-state index in [9.17, 15) is 4.39 Å². The first-order valence-corrected chi connectivity index (χ1v) is 8.89. The first-order chi connectivity index (χ1) is 11.4. The molecule has 1 fully saturated rings. The summed E-state index contributed by atoms with van der Waals surface area (Å²) in [5, 5.41) is 4.61. The molecular formula is C18H20Cl2FNO2. The molecule has 3 rings (SSSR count). The molecule has 0 bridgehead atoms. The van der Waals surface area contributed by atoms with Crippen molar-refractivity contribution in [1.29, 1.82) is 0 Å². The fraction of sp³-hybridized carbons (Fsp3) is 0.500. The third-order valence-corrected chi connectivity index (χ3v) is 5.04. The zero-order valence-corrected chi connectivity index (χ0v) is 15.4. The van der Waals surface area contributed by atoms with Gasteiger partial charge in [-0.3, -0.25) is 0 Å². The van der Waals surface area contributed by atoms with E-state index in [1.54, 1.807) is 0 Å². The Morgan fingerprint density at radius 3 is 2.42 bits per heavy atom. The number of benzene rings is 1. The van der Waals surface area contributed by atoms with E-state index in [0.717, 1.165) is 24.2 Å². The van der Waals surface area contributed by atoms with Crippen molar-refractivity contribution >= 4 is 23.2 Å². The summed E-state index contributed by atoms with van der Waals surface area (Å²) in [4.78, 5) is 0. The molecule has 1 aromatic heterocycles. The van der Waals surface area contributed by atoms with Crippen molar-refractivity contribution in [2.45, 2.75) is 52.2 Å². The van der Waals surface area contributed by atoms with Crippen LogP contribution in [0.5, 0.6) is 0 Å². The molecule has 1 unspecified atom stereocenters. The minimum atomic E-state index is -0.481. The number of aromatic nitrogens is 1. The van der Waals surface area contributed by atoms with E-state index >= 15 is 0 Å². The van der Waals surface area contributed by atoms with Gasteiger partial charge in [0, 0.05) is 17.0 Å². The third-order valence-electron chi connectivity index (χ3n) is 4.44. The van der Waals surface area contributed by atoms with Crippen molar-refractivity contribution in [3.63, 3.8) is 0 Å². The molecule has 0 aliphatic heterocycles. The van der Waals surface area contributed by atoms with Crippen LogP contribution in [0.25, 0.3) is 11.3 Å². The molecule has 2 aromatic rings. The number of hydrogen-bond donors (Lipinski definition) is 0. The first kappa shape index (κ1) is 17.7. The highest BCUT2D eigenvalue weighted by atomic mass is 35.5. The van der Waals surface area contributed by atoms with Crippen LogP contribution in [0.15, 0.2) is 16.7 Å². The number of nitrogens with zero attached hydrogens (tertiary/aromatic N) is 1. The Morgan fingerprint density at radius 2 is 1.88 bits per heavy atom. The normalized spacial score (nSPS) is 16.0. The molecule has 1 atom stereocenters. The van der Waals surface area contributed by atoms with Gasteiger partial charge in [0.15, 0.2) is 0 Å². The molecular weight excluding hydrogens is 352 g/mol. The zero-order valence-electron chi connectivity index (χ0n) is 13.9. The van der Waals surface area contributed by atoms with Crippen molar-refractivity contribution in [1.82, 2.24) is 5.16 Å². The van der Waals surface area contributed by atoms with Gasteiger partial charge in [-0.25, -0.2) is 4.39 Å². The maximum absolute atomic E-state index is 13.5. The maximum Gasteiger partial charge on any atom is 0.145 e. The summed E-state index contributed by atoms with van der Waals surface area (Å²) in [5.41, 5.74) is 1.90. The van der Waals surface area contributed by atoms with Gasteiger partial charge < -0.3 is 9.26 Å². The van der Waals surface area contributed by atoms with Crippen LogP contribution in [0.4, 0.5) is 4.39 Å². The van der Waals surface area contributed by atoms with Crippen LogP contribution < -0.4 is 0 Å². The van der Waals surface area contributed by atoms with Crippen LogP contribution >= 0.6 is 23.2 Å². The summed E-state index contributed by atoms with van der Waals surface area (Å²) in [5.74, 6) is 1.12. The second kappa shape index (κ2) is 7.03. The number of ether oxygens (including phenoxy) is 1. The van der Waals surface area contributed by atoms with Crippen LogP contribution in [0.3, 0.4) is 0 Å². The summed E-state index contributed by atoms with van der Waals surface area (Å²) in [6.07, 6.45) is 2.25. The van der Waals surface area contributed by atoms with E-state index in [-0.39, 0.29) is 16.1 Å². The standard InChI is InChI=1S/C18H20Cl2FNO2/c1-9(2)10(3)23-8-13-17(22-24-18(13)11-4-5-11)16-14(19)6-12(21)7-15(16)20/h6-7,9-11H,4-5,8H2,1-3H3. The van der Waals surface area contributed by atoms with E-state index in [1.165, 1.54) is 12.1 Å². The summed E-state index contributed by atoms with van der Waals surface area (Å²) in [6, 6.07) is 2.46. The van der Waals surface area contributed by atoms with E-state index in [1.807, 2.05) is 6.92 Å². The summed E-state index contributed by atoms with van der Waals surface area (Å²) >= 11 is 12.4. The Hall–Kier alpha value is -1.10. The molecule has 24 heavy (non-hydrogen) atoms. The minimum Gasteiger partial charge on any atom is -0.373 e. The van der Waals surface area contributed by atoms with Crippen molar-refractivity contribution < 1.29 is 13.7 Å². The van der Waals surface area contributed by atoms with Gasteiger partial charge in [-0.05, 0) is 37.8 Å². The molecule has 1 saturated carbocycles. The second-order valence-electron chi connectivity index (χ2n) is 6.65. The Kier molecular flexibility index (Phi) is 5.19. The van der Waals surface area contributed by atoms with E-state index in [2.05, 4.69) is 19.0 Å². The van der Waals surface area contributed by atoms with Crippen molar-refractivity contribution in [3.05, 3.63) is 39.3 Å². The van der Waals surface area contributed by atoms with Gasteiger partial charge in [0.25, 0.3) is 0 Å². The van der Waals surface area contributed by atoms with Crippen molar-refractivity contribution in [2.75, 3.05) is 0 Å². The first-order valence-electron chi connectivity index (χ1n) is 8.13. The molecule has 1 heterocycles. The maximum atomic E-state index is 13.5. The van der Waals surface area contributed by atoms with E-state index in [4.69, 9.17) is 32.5 Å². The van der Waals surface area contributed by atoms with Crippen LogP contribution in [-0.4, -0.2) is 11.3 Å². The van der Waals surface area contributed by atoms with Crippen LogP contribution in [0.2, 0.25) is 10.0 Å². The van der Waals surface area contributed by atoms with E-state index < -0.39 is 5.82 Å². The molecule has 3 nitrogen and oxygen atoms in total. The highest BCUT2D eigenvalue weighted by molar-refractivity contribution is 6.39. The number of halogens is 3. The highest BCUT2D eigenvalue weighted by Crippen LogP contribution is 2.46. The largest absolute Gasteiger partial charge is 0.373 e. The lowest BCUT2D eigenvalue weighted by Gasteiger charge is -2.17. The Labute approximate surface area is 151 Å². The quantitative estimate of drug-likeness (QED) is 0.603. The van der Waals surface area contributed by atoms with Gasteiger partial charge in [-0.15, -0.1) is 0 Å². The Balaban J connectivity index is 1.99. The molecule has 130 valence electrons. The van der Waals surface area contributed by atoms with Crippen LogP contribution in [-0.2, 0) is 11.3 Å². The SMILES string of the molecule is CC(C)C(C)OCc1c(-c2c(Cl)cc(F)cc2Cl)noc1C1CC1. The molecule has 1 aliphatic carbocycles. The fourth-order valence-electron chi connectivity index (χ4n) is 2.50. The minimum absolute atomic E-state index is 0.0963. The molecule has 1 aliphatic rings. The number of hydrogen-bond acceptors (Lipinski definition) is 3. The van der Waals surface area contributed by atoms with Crippen molar-refractivity contribution in [3.8, 4) is 11.3 Å². The topological polar surface area (TPSA) is 35.3 Å². The molecule has 6 heteroatoms. The molecule has 0 saturated heterocycles. The Morgan fingerprint density at radius 1 is 1.25 bits per heavy atom. The molecule has 0 amide bonds. The monoisotopic (exact) mass is 371 g/mol. The summed E-state index contributed by atoms with van der Waals surface area (Å²) in [7, 11) is 0. The van der Waals surface area contributed by atoms with Gasteiger partial charge in [0.2, 0.25) is 0 Å². The van der Waals surface area contributed by atoms with Crippen LogP contribution in [0, 0.1) is 11.7 Å². The summed E-state index contributed by atoms with van der Waals surface area (Å²) in [6.45, 7) is 6.62. The van der Waals surface area contributed by atoms with Gasteiger partial charge in [0.1, 0.15) is 17.3 Å². The highest BCUT2D eigenvalue weighted by Gasteiger charge is 2.33. The number of rotatable bonds is 6. The van der Waals surface area contributed by atoms with Gasteiger partial charge in [0.05, 0.1) is 22.8 Å². The average Bonchev–Trinajstić information content (AvgIpc) is 3.25. The predicted molar refractivity (Wildman–Crippen MR) is 93.0 cm³/mol. The third kappa shape index (κ3) is 3.61. The molecule has 1 aromatic carbocycles. The lowest BCUT2D eigenvalue weighted by molar-refractivity contribution is 0.0230. The molecule has 0 radical (unpaired) electrons. The van der Waals surface area contributed by atoms with Gasteiger partial charge >= 0.3 is 0 Å². The molecule has 0 spiro atoms. The second-order valence-corrected chi connectivity index (χ2v) is 7.47. The van der Waals surface area contributed by atoms with Gasteiger partial charge in [-0.1, -0.05) is 42.2 Å².